The molecule has 0 atom stereocenters. The van der Waals surface area contributed by atoms with Crippen molar-refractivity contribution in [2.24, 2.45) is 5.41 Å². The summed E-state index contributed by atoms with van der Waals surface area (Å²) in [5.74, 6) is 1.54. The number of hydrogen-bond acceptors (Lipinski definition) is 7. The highest BCUT2D eigenvalue weighted by Gasteiger charge is 2.54. The summed E-state index contributed by atoms with van der Waals surface area (Å²) in [6.07, 6.45) is 3.06. The molecular formula is C29H23FN2O5. The number of pyridine rings is 2. The van der Waals surface area contributed by atoms with E-state index in [0.717, 1.165) is 5.56 Å². The average Bonchev–Trinajstić information content (AvgIpc) is 3.73. The second kappa shape index (κ2) is 9.28. The second-order valence-corrected chi connectivity index (χ2v) is 9.32. The Morgan fingerprint density at radius 2 is 1.54 bits per heavy atom. The molecule has 37 heavy (non-hydrogen) atoms. The van der Waals surface area contributed by atoms with Gasteiger partial charge in [0.1, 0.15) is 30.3 Å². The number of aromatic nitrogens is 2. The van der Waals surface area contributed by atoms with Gasteiger partial charge in [-0.15, -0.1) is 0 Å². The van der Waals surface area contributed by atoms with Gasteiger partial charge in [0.05, 0.1) is 10.9 Å². The molecule has 2 aromatic carbocycles. The van der Waals surface area contributed by atoms with E-state index in [1.54, 1.807) is 42.6 Å². The molecule has 3 heterocycles. The topological polar surface area (TPSA) is 87.6 Å². The van der Waals surface area contributed by atoms with E-state index in [-0.39, 0.29) is 30.2 Å². The van der Waals surface area contributed by atoms with Crippen molar-refractivity contribution in [3.63, 3.8) is 0 Å². The molecule has 0 amide bonds. The van der Waals surface area contributed by atoms with Gasteiger partial charge in [-0.25, -0.2) is 9.37 Å². The van der Waals surface area contributed by atoms with Crippen LogP contribution < -0.4 is 14.2 Å². The Hall–Kier alpha value is -4.33. The predicted molar refractivity (Wildman–Crippen MR) is 133 cm³/mol. The first-order chi connectivity index (χ1) is 18.0. The number of ketones is 2. The van der Waals surface area contributed by atoms with Gasteiger partial charge in [-0.05, 0) is 48.2 Å². The number of fused-ring (bicyclic) bond motifs is 2. The van der Waals surface area contributed by atoms with E-state index in [2.05, 4.69) is 9.97 Å². The maximum absolute atomic E-state index is 13.2. The van der Waals surface area contributed by atoms with Crippen LogP contribution in [-0.4, -0.2) is 34.7 Å². The Labute approximate surface area is 212 Å². The van der Waals surface area contributed by atoms with Crippen LogP contribution in [-0.2, 0) is 22.4 Å². The minimum Gasteiger partial charge on any atom is -0.484 e. The van der Waals surface area contributed by atoms with Crippen LogP contribution in [0, 0.1) is 11.2 Å². The molecule has 2 aliphatic rings. The molecule has 4 aromatic rings. The minimum atomic E-state index is -0.921. The zero-order valence-corrected chi connectivity index (χ0v) is 19.9. The third-order valence-corrected chi connectivity index (χ3v) is 6.80. The maximum atomic E-state index is 13.2. The smallest absolute Gasteiger partial charge is 0.257 e. The summed E-state index contributed by atoms with van der Waals surface area (Å²) in [6, 6.07) is 16.6. The van der Waals surface area contributed by atoms with Crippen LogP contribution in [0.15, 0.2) is 66.9 Å². The number of benzene rings is 2. The highest BCUT2D eigenvalue weighted by Crippen LogP contribution is 2.49. The van der Waals surface area contributed by atoms with E-state index in [1.165, 1.54) is 12.1 Å². The third kappa shape index (κ3) is 4.62. The summed E-state index contributed by atoms with van der Waals surface area (Å²) in [4.78, 5) is 34.9. The van der Waals surface area contributed by atoms with Crippen molar-refractivity contribution in [1.82, 2.24) is 9.97 Å². The number of ether oxygens (including phenoxy) is 3. The monoisotopic (exact) mass is 498 g/mol. The zero-order chi connectivity index (χ0) is 25.4. The van der Waals surface area contributed by atoms with Crippen LogP contribution in [0.25, 0.3) is 11.0 Å². The molecule has 0 saturated heterocycles. The van der Waals surface area contributed by atoms with E-state index >= 15 is 0 Å². The van der Waals surface area contributed by atoms with Gasteiger partial charge < -0.3 is 14.2 Å². The fourth-order valence-electron chi connectivity index (χ4n) is 4.54. The first-order valence-electron chi connectivity index (χ1n) is 12.1. The van der Waals surface area contributed by atoms with Crippen LogP contribution in [0.1, 0.15) is 24.0 Å². The van der Waals surface area contributed by atoms with Crippen LogP contribution in [0.4, 0.5) is 4.39 Å². The van der Waals surface area contributed by atoms with Gasteiger partial charge in [0.25, 0.3) is 5.88 Å². The van der Waals surface area contributed by atoms with Gasteiger partial charge in [0.2, 0.25) is 0 Å². The van der Waals surface area contributed by atoms with Crippen molar-refractivity contribution < 1.29 is 28.2 Å². The molecule has 0 N–H and O–H groups in total. The molecule has 1 aliphatic carbocycles. The van der Waals surface area contributed by atoms with Crippen molar-refractivity contribution in [3.8, 4) is 23.1 Å². The lowest BCUT2D eigenvalue weighted by Gasteiger charge is -2.18. The van der Waals surface area contributed by atoms with Gasteiger partial charge in [-0.2, -0.15) is 0 Å². The Kier molecular flexibility index (Phi) is 5.79. The Morgan fingerprint density at radius 3 is 2.22 bits per heavy atom. The normalized spacial score (nSPS) is 15.3. The molecule has 8 heteroatoms. The van der Waals surface area contributed by atoms with Crippen LogP contribution in [0.2, 0.25) is 0 Å². The summed E-state index contributed by atoms with van der Waals surface area (Å²) in [5, 5.41) is 0. The highest BCUT2D eigenvalue weighted by molar-refractivity contribution is 6.10. The molecule has 6 rings (SSSR count). The Morgan fingerprint density at radius 1 is 0.892 bits per heavy atom. The standard InChI is InChI=1S/C29H23FN2O5/c30-20-5-1-18(2-6-20)15-25(33)29(10-11-29)26(34)16-19-3-7-21(8-4-19)37-23-9-12-31-22-17-24-28(32-27(22)23)36-14-13-35-24/h1-9,12,17H,10-11,13-16H2. The number of nitrogens with zero attached hydrogens (tertiary/aromatic N) is 2. The number of halogens is 1. The molecule has 1 fully saturated rings. The van der Waals surface area contributed by atoms with Gasteiger partial charge >= 0.3 is 0 Å². The number of carbonyl (C=O) groups is 2. The molecular weight excluding hydrogens is 475 g/mol. The maximum Gasteiger partial charge on any atom is 0.257 e. The summed E-state index contributed by atoms with van der Waals surface area (Å²) in [7, 11) is 0. The van der Waals surface area contributed by atoms with Gasteiger partial charge in [0, 0.05) is 31.2 Å². The van der Waals surface area contributed by atoms with E-state index in [9.17, 15) is 14.0 Å². The summed E-state index contributed by atoms with van der Waals surface area (Å²) in [5.41, 5.74) is 1.78. The van der Waals surface area contributed by atoms with Gasteiger partial charge in [0.15, 0.2) is 23.1 Å². The largest absolute Gasteiger partial charge is 0.484 e. The summed E-state index contributed by atoms with van der Waals surface area (Å²) < 4.78 is 30.4. The van der Waals surface area contributed by atoms with E-state index in [0.29, 0.717) is 65.8 Å². The Bertz CT molecular complexity index is 1500. The molecule has 1 aliphatic heterocycles. The van der Waals surface area contributed by atoms with Crippen molar-refractivity contribution in [2.45, 2.75) is 25.7 Å². The molecule has 0 radical (unpaired) electrons. The highest BCUT2D eigenvalue weighted by atomic mass is 19.1. The van der Waals surface area contributed by atoms with Gasteiger partial charge in [-0.3, -0.25) is 14.6 Å². The Balaban J connectivity index is 1.14. The quantitative estimate of drug-likeness (QED) is 0.315. The lowest BCUT2D eigenvalue weighted by atomic mass is 9.88. The summed E-state index contributed by atoms with van der Waals surface area (Å²) in [6.45, 7) is 0.899. The van der Waals surface area contributed by atoms with Crippen LogP contribution in [0.3, 0.4) is 0 Å². The zero-order valence-electron chi connectivity index (χ0n) is 19.9. The number of rotatable bonds is 8. The van der Waals surface area contributed by atoms with E-state index in [4.69, 9.17) is 14.2 Å². The summed E-state index contributed by atoms with van der Waals surface area (Å²) >= 11 is 0. The van der Waals surface area contributed by atoms with E-state index < -0.39 is 5.41 Å². The third-order valence-electron chi connectivity index (χ3n) is 6.80. The minimum absolute atomic E-state index is 0.0791. The lowest BCUT2D eigenvalue weighted by molar-refractivity contribution is -0.133. The van der Waals surface area contributed by atoms with Crippen LogP contribution >= 0.6 is 0 Å². The molecule has 2 aromatic heterocycles. The SMILES string of the molecule is O=C(Cc1ccc(F)cc1)C1(C(=O)Cc2ccc(Oc3ccnc4cc5c(nc34)OCCO5)cc2)CC1. The van der Waals surface area contributed by atoms with Crippen molar-refractivity contribution in [2.75, 3.05) is 13.2 Å². The predicted octanol–water partition coefficient (Wildman–Crippen LogP) is 5.04. The van der Waals surface area contributed by atoms with Crippen LogP contribution in [0.5, 0.6) is 23.1 Å². The first-order valence-corrected chi connectivity index (χ1v) is 12.1. The molecule has 0 unspecified atom stereocenters. The average molecular weight is 499 g/mol. The molecule has 0 spiro atoms. The molecule has 186 valence electrons. The fourth-order valence-corrected chi connectivity index (χ4v) is 4.54. The molecule has 1 saturated carbocycles. The second-order valence-electron chi connectivity index (χ2n) is 9.32. The molecule has 0 bridgehead atoms. The lowest BCUT2D eigenvalue weighted by Crippen LogP contribution is -2.28. The van der Waals surface area contributed by atoms with Crippen molar-refractivity contribution in [3.05, 3.63) is 83.8 Å². The number of carbonyl (C=O) groups excluding carboxylic acids is 2. The van der Waals surface area contributed by atoms with Crippen molar-refractivity contribution >= 4 is 22.6 Å². The fraction of sp³-hybridized carbons (Fsp3) is 0.241. The van der Waals surface area contributed by atoms with Crippen molar-refractivity contribution in [1.29, 1.82) is 0 Å². The van der Waals surface area contributed by atoms with Gasteiger partial charge in [-0.1, -0.05) is 24.3 Å². The molecule has 7 nitrogen and oxygen atoms in total. The first kappa shape index (κ1) is 23.1. The number of hydrogen-bond donors (Lipinski definition) is 0. The van der Waals surface area contributed by atoms with E-state index in [1.807, 2.05) is 12.1 Å². The number of Topliss-reactive ketones (excluding diaryl/α,β-unsaturated/α-hetero) is 2.